The average molecular weight is 366 g/mol. The van der Waals surface area contributed by atoms with Crippen molar-refractivity contribution in [3.8, 4) is 5.88 Å². The molecule has 2 rings (SSSR count). The van der Waals surface area contributed by atoms with Crippen LogP contribution in [0.3, 0.4) is 0 Å². The SMILES string of the molecule is CN=C(NCc1ccnc(OCC(F)(F)F)c1)NCc1ccccc1C. The Balaban J connectivity index is 1.87. The quantitative estimate of drug-likeness (QED) is 0.609. The van der Waals surface area contributed by atoms with Gasteiger partial charge in [0.15, 0.2) is 12.6 Å². The number of aryl methyl sites for hydroxylation is 1. The Hall–Kier alpha value is -2.77. The van der Waals surface area contributed by atoms with E-state index in [1.807, 2.05) is 31.2 Å². The van der Waals surface area contributed by atoms with Crippen molar-refractivity contribution < 1.29 is 17.9 Å². The molecule has 5 nitrogen and oxygen atoms in total. The van der Waals surface area contributed by atoms with Gasteiger partial charge in [-0.15, -0.1) is 0 Å². The summed E-state index contributed by atoms with van der Waals surface area (Å²) in [5, 5.41) is 6.31. The van der Waals surface area contributed by atoms with Gasteiger partial charge < -0.3 is 15.4 Å². The van der Waals surface area contributed by atoms with Crippen LogP contribution < -0.4 is 15.4 Å². The summed E-state index contributed by atoms with van der Waals surface area (Å²) < 4.78 is 41.3. The fourth-order valence-electron chi connectivity index (χ4n) is 2.19. The molecule has 0 aliphatic heterocycles. The highest BCUT2D eigenvalue weighted by Crippen LogP contribution is 2.17. The van der Waals surface area contributed by atoms with E-state index in [2.05, 4.69) is 25.3 Å². The number of aliphatic imine (C=N–C) groups is 1. The molecule has 1 heterocycles. The van der Waals surface area contributed by atoms with Gasteiger partial charge in [-0.2, -0.15) is 13.2 Å². The zero-order valence-electron chi connectivity index (χ0n) is 14.6. The summed E-state index contributed by atoms with van der Waals surface area (Å²) in [5.41, 5.74) is 3.06. The summed E-state index contributed by atoms with van der Waals surface area (Å²) in [6.45, 7) is 1.66. The first-order valence-corrected chi connectivity index (χ1v) is 8.01. The van der Waals surface area contributed by atoms with Crippen molar-refractivity contribution in [3.05, 3.63) is 59.3 Å². The molecule has 0 radical (unpaired) electrons. The van der Waals surface area contributed by atoms with Crippen LogP contribution in [-0.2, 0) is 13.1 Å². The number of nitrogens with one attached hydrogen (secondary N) is 2. The summed E-state index contributed by atoms with van der Waals surface area (Å²) in [7, 11) is 1.65. The molecule has 0 unspecified atom stereocenters. The molecular formula is C18H21F3N4O. The van der Waals surface area contributed by atoms with Gasteiger partial charge in [0.1, 0.15) is 0 Å². The number of halogens is 3. The van der Waals surface area contributed by atoms with Gasteiger partial charge in [-0.05, 0) is 29.7 Å². The van der Waals surface area contributed by atoms with E-state index in [0.29, 0.717) is 19.0 Å². The first-order valence-electron chi connectivity index (χ1n) is 8.01. The second-order valence-electron chi connectivity index (χ2n) is 5.61. The van der Waals surface area contributed by atoms with E-state index < -0.39 is 12.8 Å². The molecular weight excluding hydrogens is 345 g/mol. The maximum Gasteiger partial charge on any atom is 0.422 e. The Morgan fingerprint density at radius 1 is 1.15 bits per heavy atom. The van der Waals surface area contributed by atoms with E-state index in [-0.39, 0.29) is 5.88 Å². The smallest absolute Gasteiger partial charge is 0.422 e. The molecule has 0 aliphatic carbocycles. The highest BCUT2D eigenvalue weighted by molar-refractivity contribution is 5.79. The maximum absolute atomic E-state index is 12.2. The van der Waals surface area contributed by atoms with Crippen molar-refractivity contribution in [2.24, 2.45) is 4.99 Å². The van der Waals surface area contributed by atoms with Gasteiger partial charge in [-0.3, -0.25) is 4.99 Å². The zero-order chi connectivity index (χ0) is 19.0. The second kappa shape index (κ2) is 9.07. The molecule has 2 N–H and O–H groups in total. The van der Waals surface area contributed by atoms with E-state index >= 15 is 0 Å². The third-order valence-electron chi connectivity index (χ3n) is 3.57. The van der Waals surface area contributed by atoms with Crippen molar-refractivity contribution in [1.29, 1.82) is 0 Å². The van der Waals surface area contributed by atoms with Gasteiger partial charge in [0.05, 0.1) is 0 Å². The normalized spacial score (nSPS) is 12.0. The molecule has 0 spiro atoms. The lowest BCUT2D eigenvalue weighted by molar-refractivity contribution is -0.154. The van der Waals surface area contributed by atoms with Crippen LogP contribution in [0.1, 0.15) is 16.7 Å². The molecule has 26 heavy (non-hydrogen) atoms. The van der Waals surface area contributed by atoms with E-state index in [4.69, 9.17) is 0 Å². The lowest BCUT2D eigenvalue weighted by Crippen LogP contribution is -2.36. The number of alkyl halides is 3. The molecule has 0 saturated carbocycles. The number of benzene rings is 1. The van der Waals surface area contributed by atoms with Crippen LogP contribution in [0.5, 0.6) is 5.88 Å². The molecule has 0 fully saturated rings. The largest absolute Gasteiger partial charge is 0.468 e. The zero-order valence-corrected chi connectivity index (χ0v) is 14.6. The number of guanidine groups is 1. The molecule has 0 amide bonds. The number of nitrogens with zero attached hydrogens (tertiary/aromatic N) is 2. The molecule has 140 valence electrons. The second-order valence-corrected chi connectivity index (χ2v) is 5.61. The van der Waals surface area contributed by atoms with Gasteiger partial charge in [-0.25, -0.2) is 4.98 Å². The first kappa shape index (κ1) is 19.6. The topological polar surface area (TPSA) is 58.5 Å². The summed E-state index contributed by atoms with van der Waals surface area (Å²) in [4.78, 5) is 7.92. The molecule has 0 bridgehead atoms. The Bertz CT molecular complexity index is 747. The highest BCUT2D eigenvalue weighted by atomic mass is 19.4. The number of rotatable bonds is 6. The van der Waals surface area contributed by atoms with Gasteiger partial charge in [0.2, 0.25) is 5.88 Å². The molecule has 0 atom stereocenters. The van der Waals surface area contributed by atoms with Crippen LogP contribution in [0.2, 0.25) is 0 Å². The molecule has 8 heteroatoms. The Kier molecular flexibility index (Phi) is 6.82. The van der Waals surface area contributed by atoms with Gasteiger partial charge in [-0.1, -0.05) is 24.3 Å². The minimum atomic E-state index is -4.39. The minimum Gasteiger partial charge on any atom is -0.468 e. The molecule has 1 aromatic carbocycles. The van der Waals surface area contributed by atoms with Crippen molar-refractivity contribution in [2.75, 3.05) is 13.7 Å². The van der Waals surface area contributed by atoms with Gasteiger partial charge in [0, 0.05) is 32.4 Å². The minimum absolute atomic E-state index is 0.0653. The number of ether oxygens (including phenoxy) is 1. The third kappa shape index (κ3) is 6.62. The summed E-state index contributed by atoms with van der Waals surface area (Å²) >= 11 is 0. The number of aromatic nitrogens is 1. The predicted molar refractivity (Wildman–Crippen MR) is 94.0 cm³/mol. The summed E-state index contributed by atoms with van der Waals surface area (Å²) in [6, 6.07) is 11.2. The fraction of sp³-hybridized carbons (Fsp3) is 0.333. The van der Waals surface area contributed by atoms with Crippen LogP contribution in [0.15, 0.2) is 47.6 Å². The number of hydrogen-bond acceptors (Lipinski definition) is 3. The Labute approximate surface area is 150 Å². The number of pyridine rings is 1. The lowest BCUT2D eigenvalue weighted by Gasteiger charge is -2.14. The standard InChI is InChI=1S/C18H21F3N4O/c1-13-5-3-4-6-15(13)11-25-17(22-2)24-10-14-7-8-23-16(9-14)26-12-18(19,20)21/h3-9H,10-12H2,1-2H3,(H2,22,24,25). The van der Waals surface area contributed by atoms with Gasteiger partial charge >= 0.3 is 6.18 Å². The van der Waals surface area contributed by atoms with Crippen molar-refractivity contribution in [1.82, 2.24) is 15.6 Å². The molecule has 0 saturated heterocycles. The van der Waals surface area contributed by atoms with Crippen LogP contribution >= 0.6 is 0 Å². The van der Waals surface area contributed by atoms with Crippen LogP contribution in [0, 0.1) is 6.92 Å². The lowest BCUT2D eigenvalue weighted by atomic mass is 10.1. The van der Waals surface area contributed by atoms with E-state index in [9.17, 15) is 13.2 Å². The van der Waals surface area contributed by atoms with E-state index in [0.717, 1.165) is 11.1 Å². The maximum atomic E-state index is 12.2. The fourth-order valence-corrected chi connectivity index (χ4v) is 2.19. The average Bonchev–Trinajstić information content (AvgIpc) is 2.61. The molecule has 0 aliphatic rings. The highest BCUT2D eigenvalue weighted by Gasteiger charge is 2.28. The van der Waals surface area contributed by atoms with Crippen LogP contribution in [-0.4, -0.2) is 30.8 Å². The Morgan fingerprint density at radius 2 is 1.88 bits per heavy atom. The monoisotopic (exact) mass is 366 g/mol. The summed E-state index contributed by atoms with van der Waals surface area (Å²) in [6.07, 6.45) is -2.98. The van der Waals surface area contributed by atoms with E-state index in [1.165, 1.54) is 17.8 Å². The van der Waals surface area contributed by atoms with Crippen LogP contribution in [0.4, 0.5) is 13.2 Å². The number of hydrogen-bond donors (Lipinski definition) is 2. The van der Waals surface area contributed by atoms with Gasteiger partial charge in [0.25, 0.3) is 0 Å². The van der Waals surface area contributed by atoms with Crippen molar-refractivity contribution >= 4 is 5.96 Å². The van der Waals surface area contributed by atoms with E-state index in [1.54, 1.807) is 13.1 Å². The predicted octanol–water partition coefficient (Wildman–Crippen LogP) is 3.20. The molecule has 1 aromatic heterocycles. The van der Waals surface area contributed by atoms with Crippen molar-refractivity contribution in [3.63, 3.8) is 0 Å². The van der Waals surface area contributed by atoms with Crippen molar-refractivity contribution in [2.45, 2.75) is 26.2 Å². The summed E-state index contributed by atoms with van der Waals surface area (Å²) in [5.74, 6) is 0.521. The Morgan fingerprint density at radius 3 is 2.58 bits per heavy atom. The van der Waals surface area contributed by atoms with Crippen LogP contribution in [0.25, 0.3) is 0 Å². The first-order chi connectivity index (χ1) is 12.4. The third-order valence-corrected chi connectivity index (χ3v) is 3.57. The molecule has 2 aromatic rings.